The molecule has 0 radical (unpaired) electrons. The molecule has 0 fully saturated rings. The Morgan fingerprint density at radius 3 is 1.67 bits per heavy atom. The molecule has 0 aromatic rings. The van der Waals surface area contributed by atoms with E-state index in [1.807, 2.05) is 0 Å². The molecule has 1 N–H and O–H groups in total. The van der Waals surface area contributed by atoms with Gasteiger partial charge in [-0.2, -0.15) is 0 Å². The van der Waals surface area contributed by atoms with Gasteiger partial charge in [-0.1, -0.05) is 0 Å². The summed E-state index contributed by atoms with van der Waals surface area (Å²) < 4.78 is 0. The summed E-state index contributed by atoms with van der Waals surface area (Å²) in [5.74, 6) is 0. The Labute approximate surface area is 95.4 Å². The third kappa shape index (κ3) is 22.7. The number of rotatable bonds is 6. The Morgan fingerprint density at radius 2 is 1.42 bits per heavy atom. The average Bonchev–Trinajstić information content (AvgIpc) is 2.06. The van der Waals surface area contributed by atoms with Crippen LogP contribution in [-0.4, -0.2) is 38.7 Å². The van der Waals surface area contributed by atoms with Gasteiger partial charge >= 0.3 is 34.5 Å². The van der Waals surface area contributed by atoms with Gasteiger partial charge in [-0.25, -0.2) is 0 Å². The second-order valence-electron chi connectivity index (χ2n) is 2.19. The molecule has 12 heavy (non-hydrogen) atoms. The van der Waals surface area contributed by atoms with Crippen molar-refractivity contribution in [2.75, 3.05) is 38.7 Å². The summed E-state index contributed by atoms with van der Waals surface area (Å²) in [6.45, 7) is 7.13. The maximum absolute atomic E-state index is 4.85. The number of nitrogens with one attached hydrogen (secondary N) is 1. The van der Waals surface area contributed by atoms with Crippen LogP contribution in [0.5, 0.6) is 0 Å². The first-order chi connectivity index (χ1) is 5.83. The molecule has 2 atom stereocenters. The van der Waals surface area contributed by atoms with Crippen LogP contribution in [-0.2, 0) is 15.1 Å². The quantitative estimate of drug-likeness (QED) is 0.444. The molecule has 0 aromatic heterocycles. The van der Waals surface area contributed by atoms with Gasteiger partial charge in [0.25, 0.3) is 0 Å². The van der Waals surface area contributed by atoms with Crippen LogP contribution in [0.3, 0.4) is 0 Å². The zero-order valence-electron chi connectivity index (χ0n) is 7.59. The standard InChI is InChI=1S/C6H17NP2.2ClH.Ru/c1-8-5-3-7-4-6-9-2;;;/h7-9H,3-6H2,1-2H3;2*1H;/q;;;+2. The molecule has 0 amide bonds. The second-order valence-corrected chi connectivity index (χ2v) is 7.62. The van der Waals surface area contributed by atoms with Crippen LogP contribution in [0.25, 0.3) is 0 Å². The fourth-order valence-electron chi connectivity index (χ4n) is 0.618. The van der Waals surface area contributed by atoms with Gasteiger partial charge in [0.2, 0.25) is 0 Å². The molecule has 6 heteroatoms. The van der Waals surface area contributed by atoms with Crippen molar-refractivity contribution in [2.24, 2.45) is 0 Å². The summed E-state index contributed by atoms with van der Waals surface area (Å²) in [6.07, 6.45) is 2.83. The Kier molecular flexibility index (Phi) is 25.7. The summed E-state index contributed by atoms with van der Waals surface area (Å²) in [7, 11) is 11.1. The predicted octanol–water partition coefficient (Wildman–Crippen LogP) is 2.03. The molecule has 0 aromatic carbocycles. The van der Waals surface area contributed by atoms with Crippen molar-refractivity contribution in [3.05, 3.63) is 0 Å². The summed E-state index contributed by atoms with van der Waals surface area (Å²) in [5, 5.41) is 3.43. The maximum atomic E-state index is 4.85. The van der Waals surface area contributed by atoms with E-state index in [1.54, 1.807) is 0 Å². The average molecular weight is 339 g/mol. The minimum absolute atomic E-state index is 0.346. The molecule has 2 unspecified atom stereocenters. The van der Waals surface area contributed by atoms with Crippen LogP contribution < -0.4 is 5.32 Å². The van der Waals surface area contributed by atoms with E-state index in [4.69, 9.17) is 19.4 Å². The fraction of sp³-hybridized carbons (Fsp3) is 1.00. The molecule has 0 spiro atoms. The molecule has 0 rings (SSSR count). The van der Waals surface area contributed by atoms with Gasteiger partial charge in [-0.05, 0) is 17.2 Å². The Morgan fingerprint density at radius 1 is 1.08 bits per heavy atom. The molecule has 0 bridgehead atoms. The SMILES string of the molecule is C[PH2+]CCNCC[PH2+]C.[Cl][Ru][Cl]. The third-order valence-electron chi connectivity index (χ3n) is 1.22. The molecular weight excluding hydrogens is 320 g/mol. The van der Waals surface area contributed by atoms with Gasteiger partial charge in [-0.3, -0.25) is 0 Å². The number of hydrogen-bond acceptors (Lipinski definition) is 1. The van der Waals surface area contributed by atoms with Gasteiger partial charge < -0.3 is 5.32 Å². The molecular formula is C6H19Cl2NP2Ru+2. The summed E-state index contributed by atoms with van der Waals surface area (Å²) in [6, 6.07) is 0. The topological polar surface area (TPSA) is 12.0 Å². The van der Waals surface area contributed by atoms with Gasteiger partial charge in [0.15, 0.2) is 0 Å². The van der Waals surface area contributed by atoms with Crippen LogP contribution in [0, 0.1) is 0 Å². The van der Waals surface area contributed by atoms with E-state index < -0.39 is 0 Å². The normalized spacial score (nSPS) is 11.3. The van der Waals surface area contributed by atoms with E-state index in [1.165, 1.54) is 25.4 Å². The van der Waals surface area contributed by atoms with Crippen molar-refractivity contribution < 1.29 is 15.1 Å². The number of hydrogen-bond donors (Lipinski definition) is 1. The Hall–Kier alpha value is 2.02. The van der Waals surface area contributed by atoms with Crippen LogP contribution in [0.4, 0.5) is 0 Å². The van der Waals surface area contributed by atoms with Crippen LogP contribution >= 0.6 is 36.5 Å². The monoisotopic (exact) mass is 339 g/mol. The second kappa shape index (κ2) is 18.7. The Balaban J connectivity index is 0. The molecule has 0 aliphatic heterocycles. The van der Waals surface area contributed by atoms with Gasteiger partial charge in [-0.15, -0.1) is 0 Å². The van der Waals surface area contributed by atoms with E-state index in [9.17, 15) is 0 Å². The minimum atomic E-state index is -0.346. The van der Waals surface area contributed by atoms with Crippen LogP contribution in [0.15, 0.2) is 0 Å². The number of halogens is 2. The van der Waals surface area contributed by atoms with Crippen molar-refractivity contribution >= 4 is 36.5 Å². The van der Waals surface area contributed by atoms with Gasteiger partial charge in [0.1, 0.15) is 0 Å². The van der Waals surface area contributed by atoms with Crippen molar-refractivity contribution in [1.82, 2.24) is 5.32 Å². The van der Waals surface area contributed by atoms with Crippen LogP contribution in [0.1, 0.15) is 0 Å². The summed E-state index contributed by atoms with van der Waals surface area (Å²) >= 11 is -0.346. The molecule has 0 aliphatic rings. The van der Waals surface area contributed by atoms with Crippen molar-refractivity contribution in [3.8, 4) is 0 Å². The van der Waals surface area contributed by atoms with Crippen molar-refractivity contribution in [1.29, 1.82) is 0 Å². The molecule has 0 saturated heterocycles. The molecule has 0 aliphatic carbocycles. The Bertz CT molecular complexity index is 65.5. The van der Waals surface area contributed by atoms with E-state index in [0.717, 1.165) is 17.2 Å². The summed E-state index contributed by atoms with van der Waals surface area (Å²) in [5.41, 5.74) is 0. The molecule has 78 valence electrons. The molecule has 0 heterocycles. The molecule has 1 nitrogen and oxygen atoms in total. The van der Waals surface area contributed by atoms with Crippen molar-refractivity contribution in [2.45, 2.75) is 0 Å². The first-order valence-electron chi connectivity index (χ1n) is 3.95. The van der Waals surface area contributed by atoms with Crippen LogP contribution in [0.2, 0.25) is 0 Å². The fourth-order valence-corrected chi connectivity index (χ4v) is 1.60. The van der Waals surface area contributed by atoms with Gasteiger partial charge in [0, 0.05) is 26.4 Å². The van der Waals surface area contributed by atoms with E-state index in [-0.39, 0.29) is 15.1 Å². The first-order valence-corrected chi connectivity index (χ1v) is 12.4. The molecule has 0 saturated carbocycles. The third-order valence-corrected chi connectivity index (χ3v) is 2.95. The zero-order chi connectivity index (χ0) is 9.66. The zero-order valence-corrected chi connectivity index (χ0v) is 13.2. The summed E-state index contributed by atoms with van der Waals surface area (Å²) in [4.78, 5) is 0. The van der Waals surface area contributed by atoms with E-state index in [2.05, 4.69) is 18.6 Å². The van der Waals surface area contributed by atoms with Gasteiger partial charge in [0.05, 0.1) is 12.3 Å². The van der Waals surface area contributed by atoms with E-state index in [0.29, 0.717) is 0 Å². The van der Waals surface area contributed by atoms with E-state index >= 15 is 0 Å². The first kappa shape index (κ1) is 16.5. The predicted molar refractivity (Wildman–Crippen MR) is 65.6 cm³/mol. The van der Waals surface area contributed by atoms with Crippen molar-refractivity contribution in [3.63, 3.8) is 0 Å².